The molecule has 2 N–H and O–H groups in total. The number of para-hydroxylation sites is 3. The molecule has 2 aromatic carbocycles. The van der Waals surface area contributed by atoms with Crippen LogP contribution in [0.4, 0.5) is 11.4 Å². The Balaban J connectivity index is 2.12. The zero-order chi connectivity index (χ0) is 18.2. The van der Waals surface area contributed by atoms with Gasteiger partial charge in [0.15, 0.2) is 0 Å². The maximum atomic E-state index is 12.1. The van der Waals surface area contributed by atoms with Crippen molar-refractivity contribution in [2.45, 2.75) is 6.92 Å². The van der Waals surface area contributed by atoms with E-state index in [1.54, 1.807) is 43.3 Å². The predicted octanol–water partition coefficient (Wildman–Crippen LogP) is 2.45. The summed E-state index contributed by atoms with van der Waals surface area (Å²) in [6.07, 6.45) is 0. The number of carbonyl (C=O) groups excluding carboxylic acids is 3. The van der Waals surface area contributed by atoms with Gasteiger partial charge < -0.3 is 20.1 Å². The van der Waals surface area contributed by atoms with Crippen LogP contribution in [0.5, 0.6) is 5.75 Å². The lowest BCUT2D eigenvalue weighted by atomic mass is 10.2. The van der Waals surface area contributed by atoms with Crippen LogP contribution in [0, 0.1) is 0 Å². The second-order valence-corrected chi connectivity index (χ2v) is 4.87. The molecule has 0 spiro atoms. The normalized spacial score (nSPS) is 9.84. The van der Waals surface area contributed by atoms with Crippen molar-refractivity contribution in [2.24, 2.45) is 0 Å². The van der Waals surface area contributed by atoms with Gasteiger partial charge in [-0.2, -0.15) is 0 Å². The van der Waals surface area contributed by atoms with Crippen molar-refractivity contribution < 1.29 is 23.9 Å². The summed E-state index contributed by atoms with van der Waals surface area (Å²) in [5, 5.41) is 4.88. The van der Waals surface area contributed by atoms with Crippen LogP contribution in [-0.2, 0) is 14.3 Å². The fourth-order valence-corrected chi connectivity index (χ4v) is 2.09. The van der Waals surface area contributed by atoms with E-state index in [1.807, 2.05) is 0 Å². The molecule has 2 rings (SSSR count). The highest BCUT2D eigenvalue weighted by molar-refractivity contribution is 6.44. The maximum absolute atomic E-state index is 12.1. The van der Waals surface area contributed by atoms with Crippen LogP contribution in [0.1, 0.15) is 17.3 Å². The van der Waals surface area contributed by atoms with Crippen molar-refractivity contribution in [3.63, 3.8) is 0 Å². The summed E-state index contributed by atoms with van der Waals surface area (Å²) < 4.78 is 10.0. The van der Waals surface area contributed by atoms with E-state index >= 15 is 0 Å². The first kappa shape index (κ1) is 18.0. The highest BCUT2D eigenvalue weighted by atomic mass is 16.5. The van der Waals surface area contributed by atoms with E-state index in [-0.39, 0.29) is 17.9 Å². The molecular weight excluding hydrogens is 324 g/mol. The van der Waals surface area contributed by atoms with Gasteiger partial charge in [0.05, 0.1) is 30.7 Å². The topological polar surface area (TPSA) is 93.7 Å². The molecule has 0 aromatic heterocycles. The van der Waals surface area contributed by atoms with Crippen LogP contribution >= 0.6 is 0 Å². The fourth-order valence-electron chi connectivity index (χ4n) is 2.09. The number of benzene rings is 2. The van der Waals surface area contributed by atoms with Crippen molar-refractivity contribution >= 4 is 29.2 Å². The first-order valence-electron chi connectivity index (χ1n) is 7.58. The van der Waals surface area contributed by atoms with Crippen molar-refractivity contribution in [3.05, 3.63) is 54.1 Å². The lowest BCUT2D eigenvalue weighted by molar-refractivity contribution is -0.133. The van der Waals surface area contributed by atoms with Crippen LogP contribution < -0.4 is 15.4 Å². The lowest BCUT2D eigenvalue weighted by Gasteiger charge is -2.11. The van der Waals surface area contributed by atoms with Gasteiger partial charge in [0.2, 0.25) is 0 Å². The first-order chi connectivity index (χ1) is 12.1. The average molecular weight is 342 g/mol. The Kier molecular flexibility index (Phi) is 6.11. The molecule has 0 unspecified atom stereocenters. The Labute approximate surface area is 144 Å². The van der Waals surface area contributed by atoms with Gasteiger partial charge in [-0.15, -0.1) is 0 Å². The second-order valence-electron chi connectivity index (χ2n) is 4.87. The number of esters is 1. The Morgan fingerprint density at radius 2 is 1.44 bits per heavy atom. The van der Waals surface area contributed by atoms with Crippen LogP contribution in [0.15, 0.2) is 48.5 Å². The van der Waals surface area contributed by atoms with Crippen LogP contribution in [0.2, 0.25) is 0 Å². The molecule has 7 heteroatoms. The number of rotatable bonds is 5. The third kappa shape index (κ3) is 4.57. The number of methoxy groups -OCH3 is 1. The van der Waals surface area contributed by atoms with Gasteiger partial charge >= 0.3 is 17.8 Å². The molecule has 2 aromatic rings. The van der Waals surface area contributed by atoms with Gasteiger partial charge in [-0.25, -0.2) is 4.79 Å². The van der Waals surface area contributed by atoms with Crippen molar-refractivity contribution in [2.75, 3.05) is 24.4 Å². The standard InChI is InChI=1S/C18H18N2O5/c1-3-25-18(23)12-8-4-5-9-13(12)19-16(21)17(22)20-14-10-6-7-11-15(14)24-2/h4-11H,3H2,1-2H3,(H,19,21)(H,20,22). The number of ether oxygens (including phenoxy) is 2. The molecule has 0 heterocycles. The van der Waals surface area contributed by atoms with Crippen LogP contribution in [0.25, 0.3) is 0 Å². The van der Waals surface area contributed by atoms with E-state index < -0.39 is 17.8 Å². The molecule has 25 heavy (non-hydrogen) atoms. The van der Waals surface area contributed by atoms with E-state index in [1.165, 1.54) is 19.2 Å². The van der Waals surface area contributed by atoms with E-state index in [2.05, 4.69) is 10.6 Å². The number of nitrogens with one attached hydrogen (secondary N) is 2. The van der Waals surface area contributed by atoms with Crippen LogP contribution in [-0.4, -0.2) is 31.5 Å². The zero-order valence-corrected chi connectivity index (χ0v) is 13.9. The van der Waals surface area contributed by atoms with Gasteiger partial charge in [0.1, 0.15) is 5.75 Å². The van der Waals surface area contributed by atoms with E-state index in [0.717, 1.165) is 0 Å². The van der Waals surface area contributed by atoms with Crippen molar-refractivity contribution in [1.82, 2.24) is 0 Å². The van der Waals surface area contributed by atoms with Gasteiger partial charge in [-0.05, 0) is 31.2 Å². The molecule has 0 fully saturated rings. The second kappa shape index (κ2) is 8.49. The van der Waals surface area contributed by atoms with Gasteiger partial charge in [-0.3, -0.25) is 9.59 Å². The molecule has 0 aliphatic carbocycles. The molecule has 0 atom stereocenters. The predicted molar refractivity (Wildman–Crippen MR) is 92.7 cm³/mol. The van der Waals surface area contributed by atoms with Gasteiger partial charge in [-0.1, -0.05) is 24.3 Å². The summed E-state index contributed by atoms with van der Waals surface area (Å²) in [6.45, 7) is 1.88. The van der Waals surface area contributed by atoms with E-state index in [0.29, 0.717) is 11.4 Å². The fraction of sp³-hybridized carbons (Fsp3) is 0.167. The number of anilines is 2. The third-order valence-corrected chi connectivity index (χ3v) is 3.23. The monoisotopic (exact) mass is 342 g/mol. The quantitative estimate of drug-likeness (QED) is 0.643. The smallest absolute Gasteiger partial charge is 0.340 e. The molecule has 0 aliphatic heterocycles. The SMILES string of the molecule is CCOC(=O)c1ccccc1NC(=O)C(=O)Nc1ccccc1OC. The minimum Gasteiger partial charge on any atom is -0.495 e. The third-order valence-electron chi connectivity index (χ3n) is 3.23. The molecular formula is C18H18N2O5. The Morgan fingerprint density at radius 1 is 0.880 bits per heavy atom. The molecule has 0 bridgehead atoms. The Hall–Kier alpha value is -3.35. The minimum absolute atomic E-state index is 0.169. The van der Waals surface area contributed by atoms with E-state index in [4.69, 9.17) is 9.47 Å². The molecule has 130 valence electrons. The van der Waals surface area contributed by atoms with E-state index in [9.17, 15) is 14.4 Å². The molecule has 0 radical (unpaired) electrons. The zero-order valence-electron chi connectivity index (χ0n) is 13.9. The molecule has 7 nitrogen and oxygen atoms in total. The molecule has 0 saturated carbocycles. The Morgan fingerprint density at radius 3 is 2.08 bits per heavy atom. The number of amides is 2. The number of carbonyl (C=O) groups is 3. The largest absolute Gasteiger partial charge is 0.495 e. The summed E-state index contributed by atoms with van der Waals surface area (Å²) in [5.41, 5.74) is 0.729. The summed E-state index contributed by atoms with van der Waals surface area (Å²) >= 11 is 0. The maximum Gasteiger partial charge on any atom is 0.340 e. The number of hydrogen-bond donors (Lipinski definition) is 2. The highest BCUT2D eigenvalue weighted by Crippen LogP contribution is 2.23. The summed E-state index contributed by atoms with van der Waals surface area (Å²) in [6, 6.07) is 13.0. The van der Waals surface area contributed by atoms with Crippen molar-refractivity contribution in [3.8, 4) is 5.75 Å². The molecule has 0 aliphatic rings. The van der Waals surface area contributed by atoms with Gasteiger partial charge in [0.25, 0.3) is 0 Å². The highest BCUT2D eigenvalue weighted by Gasteiger charge is 2.19. The summed E-state index contributed by atoms with van der Waals surface area (Å²) in [7, 11) is 1.46. The average Bonchev–Trinajstić information content (AvgIpc) is 2.62. The summed E-state index contributed by atoms with van der Waals surface area (Å²) in [4.78, 5) is 36.1. The number of hydrogen-bond acceptors (Lipinski definition) is 5. The summed E-state index contributed by atoms with van der Waals surface area (Å²) in [5.74, 6) is -1.95. The van der Waals surface area contributed by atoms with Crippen LogP contribution in [0.3, 0.4) is 0 Å². The molecule has 0 saturated heterocycles. The first-order valence-corrected chi connectivity index (χ1v) is 7.58. The lowest BCUT2D eigenvalue weighted by Crippen LogP contribution is -2.30. The molecule has 2 amide bonds. The Bertz CT molecular complexity index is 789. The van der Waals surface area contributed by atoms with Crippen molar-refractivity contribution in [1.29, 1.82) is 0 Å². The minimum atomic E-state index is -0.914. The van der Waals surface area contributed by atoms with Gasteiger partial charge in [0, 0.05) is 0 Å².